The predicted molar refractivity (Wildman–Crippen MR) is 170 cm³/mol. The minimum atomic E-state index is -0.985. The van der Waals surface area contributed by atoms with E-state index < -0.39 is 12.3 Å². The van der Waals surface area contributed by atoms with Crippen molar-refractivity contribution in [3.8, 4) is 22.5 Å². The van der Waals surface area contributed by atoms with Crippen molar-refractivity contribution in [1.29, 1.82) is 0 Å². The predicted octanol–water partition coefficient (Wildman–Crippen LogP) is 6.90. The molecule has 5 aromatic rings. The van der Waals surface area contributed by atoms with Gasteiger partial charge in [0, 0.05) is 25.5 Å². The number of carbonyl (C=O) groups excluding carboxylic acids is 2. The van der Waals surface area contributed by atoms with E-state index in [1.54, 1.807) is 13.0 Å². The second-order valence-corrected chi connectivity index (χ2v) is 11.6. The maximum Gasteiger partial charge on any atom is 0.343 e. The van der Waals surface area contributed by atoms with Crippen LogP contribution in [0.15, 0.2) is 66.7 Å². The van der Waals surface area contributed by atoms with Crippen LogP contribution in [0, 0.1) is 5.92 Å². The van der Waals surface area contributed by atoms with Gasteiger partial charge in [-0.25, -0.2) is 9.78 Å². The number of esters is 2. The lowest BCUT2D eigenvalue weighted by atomic mass is 9.89. The van der Waals surface area contributed by atoms with Crippen LogP contribution in [0.2, 0.25) is 0 Å². The molecule has 2 heterocycles. The van der Waals surface area contributed by atoms with Crippen molar-refractivity contribution in [2.24, 2.45) is 5.92 Å². The number of unbranched alkanes of at least 4 members (excludes halogenated alkanes) is 1. The lowest BCUT2D eigenvalue weighted by Crippen LogP contribution is -2.27. The average molecular weight is 607 g/mol. The van der Waals surface area contributed by atoms with Gasteiger partial charge in [0.15, 0.2) is 0 Å². The number of aromatic nitrogens is 6. The molecule has 0 radical (unpaired) electrons. The van der Waals surface area contributed by atoms with Gasteiger partial charge in [0.05, 0.1) is 22.5 Å². The highest BCUT2D eigenvalue weighted by atomic mass is 16.7. The Morgan fingerprint density at radius 2 is 1.73 bits per heavy atom. The van der Waals surface area contributed by atoms with Gasteiger partial charge in [0.2, 0.25) is 12.1 Å². The normalized spacial score (nSPS) is 14.4. The second kappa shape index (κ2) is 13.8. The number of fused-ring (bicyclic) bond motifs is 1. The van der Waals surface area contributed by atoms with Crippen molar-refractivity contribution in [2.45, 2.75) is 78.0 Å². The second-order valence-electron chi connectivity index (χ2n) is 11.6. The molecule has 1 atom stereocenters. The van der Waals surface area contributed by atoms with Crippen molar-refractivity contribution in [2.75, 3.05) is 0 Å². The van der Waals surface area contributed by atoms with Gasteiger partial charge in [0.1, 0.15) is 5.82 Å². The van der Waals surface area contributed by atoms with Gasteiger partial charge < -0.3 is 14.0 Å². The van der Waals surface area contributed by atoms with Crippen LogP contribution in [0.3, 0.4) is 0 Å². The van der Waals surface area contributed by atoms with Crippen LogP contribution in [-0.4, -0.2) is 48.4 Å². The molecule has 6 rings (SSSR count). The van der Waals surface area contributed by atoms with Gasteiger partial charge >= 0.3 is 11.9 Å². The number of aromatic amines is 1. The Labute approximate surface area is 262 Å². The molecule has 0 aliphatic heterocycles. The third kappa shape index (κ3) is 6.79. The van der Waals surface area contributed by atoms with Crippen LogP contribution >= 0.6 is 0 Å². The number of para-hydroxylation sites is 1. The summed E-state index contributed by atoms with van der Waals surface area (Å²) in [6.45, 7) is 4.27. The molecule has 1 N–H and O–H groups in total. The van der Waals surface area contributed by atoms with E-state index in [2.05, 4.69) is 56.4 Å². The maximum atomic E-state index is 13.5. The summed E-state index contributed by atoms with van der Waals surface area (Å²) in [4.78, 5) is 31.1. The van der Waals surface area contributed by atoms with Gasteiger partial charge in [-0.15, -0.1) is 10.2 Å². The van der Waals surface area contributed by atoms with E-state index in [1.165, 1.54) is 0 Å². The fraction of sp³-hybridized carbons (Fsp3) is 0.371. The van der Waals surface area contributed by atoms with Gasteiger partial charge in [-0.05, 0) is 53.3 Å². The molecule has 0 saturated heterocycles. The summed E-state index contributed by atoms with van der Waals surface area (Å²) >= 11 is 0. The van der Waals surface area contributed by atoms with Crippen LogP contribution in [0.1, 0.15) is 80.5 Å². The molecule has 1 aliphatic rings. The number of nitrogens with zero attached hydrogens (tertiary/aromatic N) is 5. The largest absolute Gasteiger partial charge is 0.425 e. The van der Waals surface area contributed by atoms with E-state index >= 15 is 0 Å². The third-order valence-corrected chi connectivity index (χ3v) is 8.43. The SMILES string of the molecule is CCCCc1nc2cccc(C(=O)OC(C)OC(=O)C3CCCCC3)c2n1Cc1ccc(-c2ccccc2-c2nn[nH]n2)cc1. The van der Waals surface area contributed by atoms with Crippen molar-refractivity contribution in [3.63, 3.8) is 0 Å². The Balaban J connectivity index is 1.26. The van der Waals surface area contributed by atoms with Crippen LogP contribution in [0.4, 0.5) is 0 Å². The van der Waals surface area contributed by atoms with Gasteiger partial charge in [0.25, 0.3) is 0 Å². The summed E-state index contributed by atoms with van der Waals surface area (Å²) in [5.41, 5.74) is 5.83. The van der Waals surface area contributed by atoms with Gasteiger partial charge in [-0.2, -0.15) is 5.21 Å². The van der Waals surface area contributed by atoms with Crippen molar-refractivity contribution in [1.82, 2.24) is 30.2 Å². The zero-order valence-corrected chi connectivity index (χ0v) is 25.7. The topological polar surface area (TPSA) is 125 Å². The average Bonchev–Trinajstić information content (AvgIpc) is 3.73. The molecule has 45 heavy (non-hydrogen) atoms. The first-order valence-electron chi connectivity index (χ1n) is 15.8. The fourth-order valence-corrected chi connectivity index (χ4v) is 6.11. The monoisotopic (exact) mass is 606 g/mol. The lowest BCUT2D eigenvalue weighted by molar-refractivity contribution is -0.171. The summed E-state index contributed by atoms with van der Waals surface area (Å²) in [6, 6.07) is 21.8. The number of hydrogen-bond acceptors (Lipinski definition) is 8. The highest BCUT2D eigenvalue weighted by Crippen LogP contribution is 2.31. The summed E-state index contributed by atoms with van der Waals surface area (Å²) < 4.78 is 13.3. The molecule has 1 aliphatic carbocycles. The zero-order chi connectivity index (χ0) is 31.2. The Hall–Kier alpha value is -4.86. The Kier molecular flexibility index (Phi) is 9.28. The molecule has 0 spiro atoms. The van der Waals surface area contributed by atoms with Gasteiger partial charge in [-0.3, -0.25) is 4.79 Å². The van der Waals surface area contributed by atoms with Crippen LogP contribution < -0.4 is 0 Å². The number of ether oxygens (including phenoxy) is 2. The van der Waals surface area contributed by atoms with Crippen LogP contribution in [0.25, 0.3) is 33.5 Å². The number of carbonyl (C=O) groups is 2. The van der Waals surface area contributed by atoms with Crippen LogP contribution in [0.5, 0.6) is 0 Å². The first-order chi connectivity index (χ1) is 22.0. The minimum absolute atomic E-state index is 0.121. The molecule has 2 aromatic heterocycles. The molecule has 10 heteroatoms. The Morgan fingerprint density at radius 1 is 0.956 bits per heavy atom. The highest BCUT2D eigenvalue weighted by molar-refractivity contribution is 6.02. The molecule has 232 valence electrons. The smallest absolute Gasteiger partial charge is 0.343 e. The summed E-state index contributed by atoms with van der Waals surface area (Å²) in [5, 5.41) is 14.6. The number of tetrazole rings is 1. The molecular weight excluding hydrogens is 568 g/mol. The summed E-state index contributed by atoms with van der Waals surface area (Å²) in [5.74, 6) is 0.502. The molecule has 1 saturated carbocycles. The van der Waals surface area contributed by atoms with Crippen molar-refractivity contribution >= 4 is 23.0 Å². The van der Waals surface area contributed by atoms with E-state index in [0.29, 0.717) is 23.4 Å². The van der Waals surface area contributed by atoms with E-state index in [-0.39, 0.29) is 11.9 Å². The molecule has 0 amide bonds. The molecule has 0 bridgehead atoms. The zero-order valence-electron chi connectivity index (χ0n) is 25.7. The number of H-pyrrole nitrogens is 1. The van der Waals surface area contributed by atoms with E-state index in [1.807, 2.05) is 36.4 Å². The maximum absolute atomic E-state index is 13.5. The third-order valence-electron chi connectivity index (χ3n) is 8.43. The first-order valence-corrected chi connectivity index (χ1v) is 15.8. The first kappa shape index (κ1) is 30.2. The summed E-state index contributed by atoms with van der Waals surface area (Å²) in [6.07, 6.45) is 6.64. The number of benzene rings is 3. The van der Waals surface area contributed by atoms with Crippen molar-refractivity contribution in [3.05, 3.63) is 83.7 Å². The molecular formula is C35H38N6O4. The highest BCUT2D eigenvalue weighted by Gasteiger charge is 2.26. The number of rotatable bonds is 11. The molecule has 3 aromatic carbocycles. The van der Waals surface area contributed by atoms with Crippen molar-refractivity contribution < 1.29 is 19.1 Å². The fourth-order valence-electron chi connectivity index (χ4n) is 6.11. The number of aryl methyl sites for hydroxylation is 1. The standard InChI is InChI=1S/C35H38N6O4/c1-3-4-17-31-36-30-16-10-15-29(35(43)45-23(2)44-34(42)26-11-6-5-7-12-26)32(30)41(31)22-24-18-20-25(21-19-24)27-13-8-9-14-28(27)33-37-39-40-38-33/h8-10,13-16,18-21,23,26H,3-7,11-12,17,22H2,1-2H3,(H,37,38,39,40). The van der Waals surface area contributed by atoms with E-state index in [4.69, 9.17) is 14.5 Å². The number of nitrogens with one attached hydrogen (secondary N) is 1. The van der Waals surface area contributed by atoms with Crippen LogP contribution in [-0.2, 0) is 27.2 Å². The summed E-state index contributed by atoms with van der Waals surface area (Å²) in [7, 11) is 0. The molecule has 1 unspecified atom stereocenters. The van der Waals surface area contributed by atoms with E-state index in [9.17, 15) is 9.59 Å². The Morgan fingerprint density at radius 3 is 2.47 bits per heavy atom. The lowest BCUT2D eigenvalue weighted by Gasteiger charge is -2.22. The van der Waals surface area contributed by atoms with E-state index in [0.717, 1.165) is 85.0 Å². The Bertz CT molecular complexity index is 1760. The molecule has 10 nitrogen and oxygen atoms in total. The minimum Gasteiger partial charge on any atom is -0.425 e. The number of hydrogen-bond donors (Lipinski definition) is 1. The number of imidazole rings is 1. The molecule has 1 fully saturated rings. The van der Waals surface area contributed by atoms with Gasteiger partial charge in [-0.1, -0.05) is 87.2 Å². The quantitative estimate of drug-likeness (QED) is 0.127.